The standard InChI is InChI=1S/C16H19N3O3/c1-21-15-5-3-2-4-12(15)10-16(20)19-8-9-22-11-14(19)13-6-7-17-18-13/h2-7,14H,8-11H2,1H3,(H,17,18). The molecule has 1 aromatic carbocycles. The van der Waals surface area contributed by atoms with Crippen molar-refractivity contribution in [1.82, 2.24) is 15.1 Å². The van der Waals surface area contributed by atoms with Crippen LogP contribution in [0.5, 0.6) is 5.75 Å². The van der Waals surface area contributed by atoms with Gasteiger partial charge in [0.25, 0.3) is 0 Å². The minimum Gasteiger partial charge on any atom is -0.496 e. The highest BCUT2D eigenvalue weighted by atomic mass is 16.5. The van der Waals surface area contributed by atoms with E-state index in [0.29, 0.717) is 26.2 Å². The van der Waals surface area contributed by atoms with Crippen LogP contribution in [0.3, 0.4) is 0 Å². The fourth-order valence-electron chi connectivity index (χ4n) is 2.73. The van der Waals surface area contributed by atoms with Gasteiger partial charge in [-0.05, 0) is 12.1 Å². The number of ether oxygens (including phenoxy) is 2. The van der Waals surface area contributed by atoms with E-state index < -0.39 is 0 Å². The zero-order chi connectivity index (χ0) is 15.4. The number of nitrogens with one attached hydrogen (secondary N) is 1. The lowest BCUT2D eigenvalue weighted by molar-refractivity contribution is -0.139. The number of hydrogen-bond acceptors (Lipinski definition) is 4. The van der Waals surface area contributed by atoms with Crippen molar-refractivity contribution in [2.24, 2.45) is 0 Å². The summed E-state index contributed by atoms with van der Waals surface area (Å²) in [6, 6.07) is 9.36. The van der Waals surface area contributed by atoms with Gasteiger partial charge in [0.15, 0.2) is 0 Å². The third-order valence-corrected chi connectivity index (χ3v) is 3.86. The highest BCUT2D eigenvalue weighted by molar-refractivity contribution is 5.80. The summed E-state index contributed by atoms with van der Waals surface area (Å²) in [5, 5.41) is 6.89. The zero-order valence-electron chi connectivity index (χ0n) is 12.5. The minimum absolute atomic E-state index is 0.0624. The van der Waals surface area contributed by atoms with Crippen LogP contribution in [0, 0.1) is 0 Å². The molecule has 1 atom stereocenters. The van der Waals surface area contributed by atoms with Crippen LogP contribution in [0.15, 0.2) is 36.5 Å². The van der Waals surface area contributed by atoms with Crippen molar-refractivity contribution in [2.75, 3.05) is 26.9 Å². The molecule has 6 heteroatoms. The molecule has 1 fully saturated rings. The monoisotopic (exact) mass is 301 g/mol. The van der Waals surface area contributed by atoms with Crippen LogP contribution >= 0.6 is 0 Å². The predicted molar refractivity (Wildman–Crippen MR) is 80.6 cm³/mol. The van der Waals surface area contributed by atoms with Crippen molar-refractivity contribution in [3.8, 4) is 5.75 Å². The Labute approximate surface area is 129 Å². The molecule has 1 unspecified atom stereocenters. The summed E-state index contributed by atoms with van der Waals surface area (Å²) in [6.45, 7) is 1.62. The van der Waals surface area contributed by atoms with E-state index in [2.05, 4.69) is 10.2 Å². The number of aromatic amines is 1. The van der Waals surface area contributed by atoms with Gasteiger partial charge in [-0.15, -0.1) is 0 Å². The lowest BCUT2D eigenvalue weighted by atomic mass is 10.1. The third-order valence-electron chi connectivity index (χ3n) is 3.86. The Balaban J connectivity index is 1.77. The molecule has 1 aliphatic heterocycles. The maximum Gasteiger partial charge on any atom is 0.227 e. The van der Waals surface area contributed by atoms with Crippen LogP contribution < -0.4 is 4.74 Å². The van der Waals surface area contributed by atoms with Gasteiger partial charge >= 0.3 is 0 Å². The number of methoxy groups -OCH3 is 1. The van der Waals surface area contributed by atoms with Gasteiger partial charge in [0.2, 0.25) is 5.91 Å². The van der Waals surface area contributed by atoms with Crippen LogP contribution in [0.25, 0.3) is 0 Å². The molecule has 1 N–H and O–H groups in total. The predicted octanol–water partition coefficient (Wildman–Crippen LogP) is 1.56. The first kappa shape index (κ1) is 14.6. The van der Waals surface area contributed by atoms with E-state index in [0.717, 1.165) is 17.0 Å². The maximum atomic E-state index is 12.7. The molecule has 1 aromatic heterocycles. The first-order valence-corrected chi connectivity index (χ1v) is 7.28. The van der Waals surface area contributed by atoms with Crippen molar-refractivity contribution in [3.63, 3.8) is 0 Å². The molecule has 1 aliphatic rings. The lowest BCUT2D eigenvalue weighted by Gasteiger charge is -2.35. The van der Waals surface area contributed by atoms with E-state index in [1.54, 1.807) is 13.3 Å². The van der Waals surface area contributed by atoms with Gasteiger partial charge in [0, 0.05) is 18.3 Å². The lowest BCUT2D eigenvalue weighted by Crippen LogP contribution is -2.44. The number of rotatable bonds is 4. The molecule has 1 amide bonds. The number of nitrogens with zero attached hydrogens (tertiary/aromatic N) is 2. The van der Waals surface area contributed by atoms with Gasteiger partial charge in [-0.2, -0.15) is 5.10 Å². The SMILES string of the molecule is COc1ccccc1CC(=O)N1CCOCC1c1ccn[nH]1. The molecule has 1 saturated heterocycles. The largest absolute Gasteiger partial charge is 0.496 e. The molecular formula is C16H19N3O3. The molecule has 0 aliphatic carbocycles. The van der Waals surface area contributed by atoms with Crippen molar-refractivity contribution >= 4 is 5.91 Å². The second-order valence-corrected chi connectivity index (χ2v) is 5.18. The second kappa shape index (κ2) is 6.62. The van der Waals surface area contributed by atoms with Crippen LogP contribution in [0.1, 0.15) is 17.3 Å². The van der Waals surface area contributed by atoms with Gasteiger partial charge in [0.1, 0.15) is 5.75 Å². The molecular weight excluding hydrogens is 282 g/mol. The summed E-state index contributed by atoms with van der Waals surface area (Å²) in [5.74, 6) is 0.801. The van der Waals surface area contributed by atoms with E-state index in [1.165, 1.54) is 0 Å². The molecule has 2 heterocycles. The smallest absolute Gasteiger partial charge is 0.227 e. The molecule has 3 rings (SSSR count). The number of carbonyl (C=O) groups excluding carboxylic acids is 1. The maximum absolute atomic E-state index is 12.7. The molecule has 116 valence electrons. The molecule has 0 spiro atoms. The number of carbonyl (C=O) groups is 1. The average Bonchev–Trinajstić information content (AvgIpc) is 3.09. The normalized spacial score (nSPS) is 18.2. The summed E-state index contributed by atoms with van der Waals surface area (Å²) >= 11 is 0. The van der Waals surface area contributed by atoms with Gasteiger partial charge in [-0.25, -0.2) is 0 Å². The van der Waals surface area contributed by atoms with Gasteiger partial charge in [-0.1, -0.05) is 18.2 Å². The van der Waals surface area contributed by atoms with Gasteiger partial charge < -0.3 is 14.4 Å². The topological polar surface area (TPSA) is 67.4 Å². The highest BCUT2D eigenvalue weighted by Crippen LogP contribution is 2.25. The van der Waals surface area contributed by atoms with Crippen molar-refractivity contribution in [1.29, 1.82) is 0 Å². The number of para-hydroxylation sites is 1. The van der Waals surface area contributed by atoms with Crippen molar-refractivity contribution < 1.29 is 14.3 Å². The number of amides is 1. The highest BCUT2D eigenvalue weighted by Gasteiger charge is 2.29. The quantitative estimate of drug-likeness (QED) is 0.930. The van der Waals surface area contributed by atoms with E-state index in [4.69, 9.17) is 9.47 Å². The van der Waals surface area contributed by atoms with E-state index in [-0.39, 0.29) is 11.9 Å². The minimum atomic E-state index is -0.113. The number of benzene rings is 1. The van der Waals surface area contributed by atoms with Gasteiger partial charge in [0.05, 0.1) is 38.5 Å². The first-order chi connectivity index (χ1) is 10.8. The third kappa shape index (κ3) is 2.96. The second-order valence-electron chi connectivity index (χ2n) is 5.18. The summed E-state index contributed by atoms with van der Waals surface area (Å²) in [5.41, 5.74) is 1.79. The Hall–Kier alpha value is -2.34. The molecule has 2 aromatic rings. The first-order valence-electron chi connectivity index (χ1n) is 7.28. The molecule has 0 bridgehead atoms. The van der Waals surface area contributed by atoms with Crippen LogP contribution in [-0.4, -0.2) is 47.9 Å². The fraction of sp³-hybridized carbons (Fsp3) is 0.375. The van der Waals surface area contributed by atoms with Crippen LogP contribution in [-0.2, 0) is 16.0 Å². The summed E-state index contributed by atoms with van der Waals surface area (Å²) in [7, 11) is 1.62. The Morgan fingerprint density at radius 1 is 1.45 bits per heavy atom. The van der Waals surface area contributed by atoms with Crippen molar-refractivity contribution in [2.45, 2.75) is 12.5 Å². The Bertz CT molecular complexity index is 627. The molecule has 0 radical (unpaired) electrons. The zero-order valence-corrected chi connectivity index (χ0v) is 12.5. The number of aromatic nitrogens is 2. The fourth-order valence-corrected chi connectivity index (χ4v) is 2.73. The average molecular weight is 301 g/mol. The van der Waals surface area contributed by atoms with E-state index in [1.807, 2.05) is 35.2 Å². The Morgan fingerprint density at radius 2 is 2.32 bits per heavy atom. The molecule has 6 nitrogen and oxygen atoms in total. The van der Waals surface area contributed by atoms with Crippen molar-refractivity contribution in [3.05, 3.63) is 47.8 Å². The number of morpholine rings is 1. The summed E-state index contributed by atoms with van der Waals surface area (Å²) < 4.78 is 10.8. The Morgan fingerprint density at radius 3 is 3.09 bits per heavy atom. The molecule has 0 saturated carbocycles. The van der Waals surface area contributed by atoms with E-state index in [9.17, 15) is 4.79 Å². The molecule has 22 heavy (non-hydrogen) atoms. The van der Waals surface area contributed by atoms with Crippen LogP contribution in [0.4, 0.5) is 0 Å². The Kier molecular flexibility index (Phi) is 4.39. The number of hydrogen-bond donors (Lipinski definition) is 1. The number of H-pyrrole nitrogens is 1. The summed E-state index contributed by atoms with van der Waals surface area (Å²) in [6.07, 6.45) is 2.00. The summed E-state index contributed by atoms with van der Waals surface area (Å²) in [4.78, 5) is 14.6. The van der Waals surface area contributed by atoms with Crippen LogP contribution in [0.2, 0.25) is 0 Å². The van der Waals surface area contributed by atoms with E-state index >= 15 is 0 Å². The van der Waals surface area contributed by atoms with Gasteiger partial charge in [-0.3, -0.25) is 9.89 Å².